The molecular weight excluding hydrogens is 258 g/mol. The van der Waals surface area contributed by atoms with Crippen molar-refractivity contribution in [3.05, 3.63) is 34.4 Å². The molecule has 0 aromatic heterocycles. The Kier molecular flexibility index (Phi) is 4.67. The van der Waals surface area contributed by atoms with Crippen molar-refractivity contribution in [1.82, 2.24) is 4.72 Å². The van der Waals surface area contributed by atoms with E-state index in [1.54, 1.807) is 0 Å². The van der Waals surface area contributed by atoms with Gasteiger partial charge >= 0.3 is 0 Å². The summed E-state index contributed by atoms with van der Waals surface area (Å²) in [5.74, 6) is -0.757. The van der Waals surface area contributed by atoms with Gasteiger partial charge in [-0.1, -0.05) is 0 Å². The third-order valence-corrected chi connectivity index (χ3v) is 3.37. The Morgan fingerprint density at radius 3 is 2.22 bits per heavy atom. The van der Waals surface area contributed by atoms with Crippen molar-refractivity contribution in [2.24, 2.45) is 4.36 Å². The Bertz CT molecular complexity index is 524. The van der Waals surface area contributed by atoms with Gasteiger partial charge in [-0.2, -0.15) is 4.36 Å². The molecule has 2 amide bonds. The monoisotopic (exact) mass is 269 g/mol. The average molecular weight is 269 g/mol. The van der Waals surface area contributed by atoms with Crippen LogP contribution in [0.1, 0.15) is 13.8 Å². The van der Waals surface area contributed by atoms with E-state index in [-0.39, 0.29) is 11.6 Å². The molecule has 7 nitrogen and oxygen atoms in total. The van der Waals surface area contributed by atoms with Crippen LogP contribution in [0.5, 0.6) is 0 Å². The van der Waals surface area contributed by atoms with E-state index in [0.717, 1.165) is 0 Å². The van der Waals surface area contributed by atoms with Crippen molar-refractivity contribution >= 4 is 28.4 Å². The number of nitrogens with one attached hydrogen (secondary N) is 1. The number of hydrogen-bond donors (Lipinski definition) is 1. The Labute approximate surface area is 106 Å². The number of nitro groups is 1. The van der Waals surface area contributed by atoms with Gasteiger partial charge in [0, 0.05) is 41.8 Å². The van der Waals surface area contributed by atoms with Gasteiger partial charge in [0.25, 0.3) is 5.69 Å². The Morgan fingerprint density at radius 2 is 1.83 bits per heavy atom. The van der Waals surface area contributed by atoms with E-state index in [1.165, 1.54) is 38.1 Å². The summed E-state index contributed by atoms with van der Waals surface area (Å²) >= 11 is 0. The van der Waals surface area contributed by atoms with Crippen LogP contribution in [0.4, 0.5) is 5.69 Å². The molecule has 1 atom stereocenters. The number of amides is 2. The minimum absolute atomic E-state index is 0.0621. The first-order chi connectivity index (χ1) is 8.40. The first-order valence-electron chi connectivity index (χ1n) is 4.88. The van der Waals surface area contributed by atoms with Crippen molar-refractivity contribution in [3.63, 3.8) is 0 Å². The summed E-state index contributed by atoms with van der Waals surface area (Å²) in [5.41, 5.74) is -0.0621. The van der Waals surface area contributed by atoms with E-state index in [9.17, 15) is 19.7 Å². The number of hydrogen-bond acceptors (Lipinski definition) is 4. The first-order valence-corrected chi connectivity index (χ1v) is 6.06. The van der Waals surface area contributed by atoms with Crippen LogP contribution in [0, 0.1) is 10.1 Å². The quantitative estimate of drug-likeness (QED) is 0.661. The van der Waals surface area contributed by atoms with Crippen LogP contribution >= 0.6 is 0 Å². The molecule has 0 aliphatic carbocycles. The molecular formula is C10H11N3O4S. The van der Waals surface area contributed by atoms with Gasteiger partial charge in [0.05, 0.1) is 4.92 Å². The second-order valence-electron chi connectivity index (χ2n) is 3.30. The maximum Gasteiger partial charge on any atom is 0.269 e. The highest BCUT2D eigenvalue weighted by Crippen LogP contribution is 2.15. The zero-order valence-corrected chi connectivity index (χ0v) is 10.6. The minimum atomic E-state index is -1.12. The highest BCUT2D eigenvalue weighted by atomic mass is 32.2. The van der Waals surface area contributed by atoms with Gasteiger partial charge < -0.3 is 0 Å². The lowest BCUT2D eigenvalue weighted by molar-refractivity contribution is -0.384. The van der Waals surface area contributed by atoms with Crippen LogP contribution in [-0.4, -0.2) is 16.7 Å². The minimum Gasteiger partial charge on any atom is -0.288 e. The maximum absolute atomic E-state index is 11.0. The Balaban J connectivity index is 3.10. The van der Waals surface area contributed by atoms with Crippen molar-refractivity contribution in [1.29, 1.82) is 0 Å². The van der Waals surface area contributed by atoms with Gasteiger partial charge in [-0.05, 0) is 12.1 Å². The molecule has 0 bridgehead atoms. The smallest absolute Gasteiger partial charge is 0.269 e. The fraction of sp³-hybridized carbons (Fsp3) is 0.200. The van der Waals surface area contributed by atoms with Crippen molar-refractivity contribution in [3.8, 4) is 0 Å². The summed E-state index contributed by atoms with van der Waals surface area (Å²) in [5, 5.41) is 10.5. The number of rotatable bonds is 3. The Hall–Kier alpha value is -2.09. The van der Waals surface area contributed by atoms with Crippen LogP contribution in [-0.2, 0) is 20.5 Å². The highest BCUT2D eigenvalue weighted by molar-refractivity contribution is 7.86. The predicted octanol–water partition coefficient (Wildman–Crippen LogP) is 1.35. The molecule has 1 unspecified atom stereocenters. The fourth-order valence-corrected chi connectivity index (χ4v) is 2.29. The normalized spacial score (nSPS) is 11.9. The third kappa shape index (κ3) is 4.06. The molecule has 1 rings (SSSR count). The van der Waals surface area contributed by atoms with Crippen LogP contribution in [0.2, 0.25) is 0 Å². The van der Waals surface area contributed by atoms with Gasteiger partial charge in [-0.15, -0.1) is 0 Å². The molecule has 0 radical (unpaired) electrons. The lowest BCUT2D eigenvalue weighted by Crippen LogP contribution is -2.23. The number of non-ortho nitro benzene ring substituents is 1. The summed E-state index contributed by atoms with van der Waals surface area (Å²) in [6.07, 6.45) is 0. The van der Waals surface area contributed by atoms with Gasteiger partial charge in [-0.25, -0.2) is 0 Å². The third-order valence-electron chi connectivity index (χ3n) is 1.73. The lowest BCUT2D eigenvalue weighted by atomic mass is 10.3. The van der Waals surface area contributed by atoms with Crippen LogP contribution in [0.3, 0.4) is 0 Å². The molecule has 1 aromatic carbocycles. The topological polar surface area (TPSA) is 102 Å². The largest absolute Gasteiger partial charge is 0.288 e. The second-order valence-corrected chi connectivity index (χ2v) is 4.73. The number of carbonyl (C=O) groups is 2. The van der Waals surface area contributed by atoms with Gasteiger partial charge in [-0.3, -0.25) is 24.4 Å². The molecule has 0 heterocycles. The SMILES string of the molecule is CC(=O)/N=S(\NC(C)=O)c1ccc([N+](=O)[O-])cc1. The number of nitro benzene ring substituents is 1. The summed E-state index contributed by atoms with van der Waals surface area (Å²) in [6, 6.07) is 5.52. The van der Waals surface area contributed by atoms with E-state index in [2.05, 4.69) is 9.08 Å². The fourth-order valence-electron chi connectivity index (χ4n) is 1.10. The second kappa shape index (κ2) is 6.01. The summed E-state index contributed by atoms with van der Waals surface area (Å²) in [4.78, 5) is 32.5. The Morgan fingerprint density at radius 1 is 1.28 bits per heavy atom. The summed E-state index contributed by atoms with van der Waals surface area (Å²) < 4.78 is 6.26. The van der Waals surface area contributed by atoms with E-state index in [0.29, 0.717) is 4.90 Å². The molecule has 1 N–H and O–H groups in total. The molecule has 0 fully saturated rings. The molecule has 0 saturated heterocycles. The van der Waals surface area contributed by atoms with E-state index in [1.807, 2.05) is 0 Å². The zero-order chi connectivity index (χ0) is 13.7. The number of carbonyl (C=O) groups excluding carboxylic acids is 2. The van der Waals surface area contributed by atoms with E-state index >= 15 is 0 Å². The molecule has 18 heavy (non-hydrogen) atoms. The van der Waals surface area contributed by atoms with Gasteiger partial charge in [0.2, 0.25) is 11.8 Å². The number of benzene rings is 1. The molecule has 0 aliphatic heterocycles. The summed E-state index contributed by atoms with van der Waals surface area (Å²) in [6.45, 7) is 2.58. The van der Waals surface area contributed by atoms with Crippen LogP contribution < -0.4 is 4.72 Å². The molecule has 96 valence electrons. The lowest BCUT2D eigenvalue weighted by Gasteiger charge is -2.07. The van der Waals surface area contributed by atoms with Crippen molar-refractivity contribution in [2.75, 3.05) is 0 Å². The van der Waals surface area contributed by atoms with Gasteiger partial charge in [0.15, 0.2) is 0 Å². The number of nitrogens with zero attached hydrogens (tertiary/aromatic N) is 2. The van der Waals surface area contributed by atoms with E-state index in [4.69, 9.17) is 0 Å². The van der Waals surface area contributed by atoms with E-state index < -0.39 is 21.7 Å². The molecule has 0 spiro atoms. The molecule has 0 aliphatic rings. The standard InChI is InChI=1S/C10H11N3O4S/c1-7(14)11-18(12-8(2)15)10-5-3-9(4-6-10)13(16)17/h3-6H,1-2H3,(H,11,12,14,15). The maximum atomic E-state index is 11.0. The molecule has 8 heteroatoms. The van der Waals surface area contributed by atoms with Crippen molar-refractivity contribution in [2.45, 2.75) is 18.7 Å². The first kappa shape index (κ1) is 14.0. The zero-order valence-electron chi connectivity index (χ0n) is 9.75. The molecule has 0 saturated carbocycles. The highest BCUT2D eigenvalue weighted by Gasteiger charge is 2.08. The average Bonchev–Trinajstić information content (AvgIpc) is 2.27. The molecule has 1 aromatic rings. The van der Waals surface area contributed by atoms with Crippen LogP contribution in [0.25, 0.3) is 0 Å². The van der Waals surface area contributed by atoms with Crippen molar-refractivity contribution < 1.29 is 14.5 Å². The van der Waals surface area contributed by atoms with Gasteiger partial charge in [0.1, 0.15) is 0 Å². The predicted molar refractivity (Wildman–Crippen MR) is 65.7 cm³/mol. The summed E-state index contributed by atoms with van der Waals surface area (Å²) in [7, 11) is -1.12. The van der Waals surface area contributed by atoms with Crippen LogP contribution in [0.15, 0.2) is 33.5 Å².